The van der Waals surface area contributed by atoms with Crippen molar-refractivity contribution in [1.82, 2.24) is 25.3 Å². The number of hydrogen-bond acceptors (Lipinski definition) is 5. The molecule has 1 unspecified atom stereocenters. The lowest BCUT2D eigenvalue weighted by Gasteiger charge is -2.23. The standard InChI is InChI=1S/C11H12ClN5OS/c1-17-8-4-2-3-7(6(8)5-13-17)14-9(18)10-15-16-11(12)19-10/h5,7H,2-4H2,1H3,(H,14,18). The van der Waals surface area contributed by atoms with Gasteiger partial charge in [-0.1, -0.05) is 11.3 Å². The van der Waals surface area contributed by atoms with Crippen LogP contribution in [-0.4, -0.2) is 25.9 Å². The van der Waals surface area contributed by atoms with Crippen LogP contribution in [0.3, 0.4) is 0 Å². The zero-order valence-corrected chi connectivity index (χ0v) is 11.8. The van der Waals surface area contributed by atoms with E-state index in [2.05, 4.69) is 20.6 Å². The first-order valence-corrected chi connectivity index (χ1v) is 7.15. The van der Waals surface area contributed by atoms with Crippen molar-refractivity contribution >= 4 is 28.8 Å². The molecule has 0 spiro atoms. The minimum absolute atomic E-state index is 0.00683. The van der Waals surface area contributed by atoms with Gasteiger partial charge in [-0.2, -0.15) is 5.10 Å². The van der Waals surface area contributed by atoms with E-state index in [4.69, 9.17) is 11.6 Å². The lowest BCUT2D eigenvalue weighted by molar-refractivity contribution is 0.0931. The van der Waals surface area contributed by atoms with E-state index in [9.17, 15) is 4.79 Å². The monoisotopic (exact) mass is 297 g/mol. The molecule has 0 aromatic carbocycles. The van der Waals surface area contributed by atoms with Crippen molar-refractivity contribution < 1.29 is 4.79 Å². The summed E-state index contributed by atoms with van der Waals surface area (Å²) in [4.78, 5) is 12.1. The Bertz CT molecular complexity index is 622. The minimum Gasteiger partial charge on any atom is -0.343 e. The van der Waals surface area contributed by atoms with Crippen LogP contribution >= 0.6 is 22.9 Å². The van der Waals surface area contributed by atoms with E-state index in [1.807, 2.05) is 17.9 Å². The molecule has 1 amide bonds. The molecule has 0 saturated carbocycles. The van der Waals surface area contributed by atoms with Crippen LogP contribution in [0.25, 0.3) is 0 Å². The molecule has 100 valence electrons. The quantitative estimate of drug-likeness (QED) is 0.916. The van der Waals surface area contributed by atoms with Gasteiger partial charge >= 0.3 is 0 Å². The average molecular weight is 298 g/mol. The van der Waals surface area contributed by atoms with E-state index in [1.54, 1.807) is 0 Å². The zero-order chi connectivity index (χ0) is 13.4. The fourth-order valence-electron chi connectivity index (χ4n) is 2.37. The van der Waals surface area contributed by atoms with Gasteiger partial charge in [-0.25, -0.2) is 0 Å². The number of carbonyl (C=O) groups is 1. The number of amides is 1. The zero-order valence-electron chi connectivity index (χ0n) is 10.3. The Morgan fingerprint density at radius 3 is 3.16 bits per heavy atom. The molecule has 3 rings (SSSR count). The van der Waals surface area contributed by atoms with Gasteiger partial charge in [0.05, 0.1) is 12.2 Å². The van der Waals surface area contributed by atoms with Crippen LogP contribution in [0.5, 0.6) is 0 Å². The predicted molar refractivity (Wildman–Crippen MR) is 71.3 cm³/mol. The number of carbonyl (C=O) groups excluding carboxylic acids is 1. The molecule has 0 fully saturated rings. The summed E-state index contributed by atoms with van der Waals surface area (Å²) >= 11 is 6.76. The molecule has 0 radical (unpaired) electrons. The van der Waals surface area contributed by atoms with Gasteiger partial charge in [0, 0.05) is 18.3 Å². The summed E-state index contributed by atoms with van der Waals surface area (Å²) in [5, 5.41) is 14.9. The predicted octanol–water partition coefficient (Wildman–Crippen LogP) is 1.73. The Morgan fingerprint density at radius 1 is 1.58 bits per heavy atom. The molecule has 8 heteroatoms. The maximum atomic E-state index is 12.1. The second-order valence-corrected chi connectivity index (χ2v) is 6.01. The number of hydrogen-bond donors (Lipinski definition) is 1. The highest BCUT2D eigenvalue weighted by Crippen LogP contribution is 2.29. The molecule has 2 aromatic heterocycles. The van der Waals surface area contributed by atoms with Crippen LogP contribution in [0.15, 0.2) is 6.20 Å². The van der Waals surface area contributed by atoms with Crippen LogP contribution in [-0.2, 0) is 13.5 Å². The lowest BCUT2D eigenvalue weighted by Crippen LogP contribution is -2.30. The van der Waals surface area contributed by atoms with Gasteiger partial charge in [-0.3, -0.25) is 9.48 Å². The van der Waals surface area contributed by atoms with Gasteiger partial charge in [0.25, 0.3) is 5.91 Å². The van der Waals surface area contributed by atoms with Gasteiger partial charge in [-0.15, -0.1) is 10.2 Å². The van der Waals surface area contributed by atoms with Crippen molar-refractivity contribution in [3.8, 4) is 0 Å². The summed E-state index contributed by atoms with van der Waals surface area (Å²) in [6.45, 7) is 0. The first kappa shape index (κ1) is 12.6. The summed E-state index contributed by atoms with van der Waals surface area (Å²) in [5.74, 6) is -0.230. The molecule has 19 heavy (non-hydrogen) atoms. The molecule has 0 saturated heterocycles. The van der Waals surface area contributed by atoms with Crippen molar-refractivity contribution in [2.75, 3.05) is 0 Å². The van der Waals surface area contributed by atoms with Gasteiger partial charge < -0.3 is 5.32 Å². The second-order valence-electron chi connectivity index (χ2n) is 4.45. The van der Waals surface area contributed by atoms with Crippen molar-refractivity contribution in [3.63, 3.8) is 0 Å². The topological polar surface area (TPSA) is 72.7 Å². The summed E-state index contributed by atoms with van der Waals surface area (Å²) < 4.78 is 2.14. The van der Waals surface area contributed by atoms with Crippen LogP contribution in [0, 0.1) is 0 Å². The van der Waals surface area contributed by atoms with E-state index in [0.29, 0.717) is 5.01 Å². The van der Waals surface area contributed by atoms with Crippen LogP contribution < -0.4 is 5.32 Å². The first-order valence-electron chi connectivity index (χ1n) is 5.96. The first-order chi connectivity index (χ1) is 9.15. The Kier molecular flexibility index (Phi) is 3.24. The Balaban J connectivity index is 1.79. The Labute approximate surface area is 118 Å². The molecule has 1 aliphatic carbocycles. The van der Waals surface area contributed by atoms with Gasteiger partial charge in [0.15, 0.2) is 0 Å². The third kappa shape index (κ3) is 2.35. The number of nitrogens with zero attached hydrogens (tertiary/aromatic N) is 4. The third-order valence-corrected chi connectivity index (χ3v) is 4.29. The molecule has 1 atom stereocenters. The van der Waals surface area contributed by atoms with Gasteiger partial charge in [0.2, 0.25) is 9.47 Å². The number of rotatable bonds is 2. The van der Waals surface area contributed by atoms with E-state index in [-0.39, 0.29) is 16.4 Å². The smallest absolute Gasteiger partial charge is 0.282 e. The minimum atomic E-state index is -0.230. The number of aromatic nitrogens is 4. The van der Waals surface area contributed by atoms with E-state index < -0.39 is 0 Å². The molecule has 1 aliphatic rings. The lowest BCUT2D eigenvalue weighted by atomic mass is 9.93. The van der Waals surface area contributed by atoms with Gasteiger partial charge in [0.1, 0.15) is 0 Å². The third-order valence-electron chi connectivity index (χ3n) is 3.28. The fraction of sp³-hybridized carbons (Fsp3) is 0.455. The molecule has 1 N–H and O–H groups in total. The molecule has 6 nitrogen and oxygen atoms in total. The molecule has 0 bridgehead atoms. The van der Waals surface area contributed by atoms with Crippen LogP contribution in [0.2, 0.25) is 4.47 Å². The maximum absolute atomic E-state index is 12.1. The summed E-state index contributed by atoms with van der Waals surface area (Å²) in [6.07, 6.45) is 4.78. The highest BCUT2D eigenvalue weighted by atomic mass is 35.5. The van der Waals surface area contributed by atoms with E-state index >= 15 is 0 Å². The molecular formula is C11H12ClN5OS. The number of nitrogens with one attached hydrogen (secondary N) is 1. The van der Waals surface area contributed by atoms with Gasteiger partial charge in [-0.05, 0) is 30.9 Å². The van der Waals surface area contributed by atoms with Crippen molar-refractivity contribution in [3.05, 3.63) is 26.9 Å². The Morgan fingerprint density at radius 2 is 2.42 bits per heavy atom. The van der Waals surface area contributed by atoms with E-state index in [1.165, 1.54) is 5.69 Å². The normalized spacial score (nSPS) is 18.1. The van der Waals surface area contributed by atoms with Crippen molar-refractivity contribution in [2.24, 2.45) is 7.05 Å². The second kappa shape index (κ2) is 4.90. The highest BCUT2D eigenvalue weighted by Gasteiger charge is 2.26. The summed E-state index contributed by atoms with van der Waals surface area (Å²) in [5.41, 5.74) is 2.28. The SMILES string of the molecule is Cn1ncc2c1CCCC2NC(=O)c1nnc(Cl)s1. The van der Waals surface area contributed by atoms with E-state index in [0.717, 1.165) is 36.2 Å². The van der Waals surface area contributed by atoms with Crippen LogP contribution in [0.4, 0.5) is 0 Å². The summed E-state index contributed by atoms with van der Waals surface area (Å²) in [7, 11) is 1.92. The van der Waals surface area contributed by atoms with Crippen molar-refractivity contribution in [1.29, 1.82) is 0 Å². The number of halogens is 1. The molecule has 2 aromatic rings. The largest absolute Gasteiger partial charge is 0.343 e. The number of aryl methyl sites for hydroxylation is 1. The molecule has 2 heterocycles. The van der Waals surface area contributed by atoms with Crippen molar-refractivity contribution in [2.45, 2.75) is 25.3 Å². The molecule has 0 aliphatic heterocycles. The highest BCUT2D eigenvalue weighted by molar-refractivity contribution is 7.17. The average Bonchev–Trinajstić information content (AvgIpc) is 2.98. The summed E-state index contributed by atoms with van der Waals surface area (Å²) in [6, 6.07) is -0.00683. The Hall–Kier alpha value is -1.47. The molecular weight excluding hydrogens is 286 g/mol. The number of fused-ring (bicyclic) bond motifs is 1. The fourth-order valence-corrected chi connectivity index (χ4v) is 3.10. The maximum Gasteiger partial charge on any atom is 0.282 e. The van der Waals surface area contributed by atoms with Crippen LogP contribution in [0.1, 0.15) is 39.9 Å².